The molecule has 0 radical (unpaired) electrons. The maximum Gasteiger partial charge on any atom is 0.123 e. The fourth-order valence-electron chi connectivity index (χ4n) is 1.34. The quantitative estimate of drug-likeness (QED) is 0.623. The van der Waals surface area contributed by atoms with E-state index in [0.717, 1.165) is 5.90 Å². The molecule has 0 nitrogen and oxygen atoms in total. The summed E-state index contributed by atoms with van der Waals surface area (Å²) >= 11 is 0. The first-order valence-corrected chi connectivity index (χ1v) is 7.74. The third-order valence-electron chi connectivity index (χ3n) is 2.08. The van der Waals surface area contributed by atoms with E-state index in [9.17, 15) is 4.39 Å². The van der Waals surface area contributed by atoms with Crippen LogP contribution in [0.1, 0.15) is 0 Å². The van der Waals surface area contributed by atoms with E-state index in [1.54, 1.807) is 0 Å². The third-order valence-corrected chi connectivity index (χ3v) is 7.56. The molecule has 1 aromatic rings. The van der Waals surface area contributed by atoms with Crippen molar-refractivity contribution < 1.29 is 4.39 Å². The van der Waals surface area contributed by atoms with Crippen molar-refractivity contribution in [3.63, 3.8) is 0 Å². The number of benzene rings is 1. The SMILES string of the molecule is CP1CP(c2ccccc2)C=C1F. The summed E-state index contributed by atoms with van der Waals surface area (Å²) < 4.78 is 13.2. The average molecular weight is 212 g/mol. The molecule has 0 aromatic heterocycles. The first kappa shape index (κ1) is 9.31. The van der Waals surface area contributed by atoms with Crippen LogP contribution >= 0.6 is 15.8 Å². The van der Waals surface area contributed by atoms with Gasteiger partial charge in [0.2, 0.25) is 0 Å². The molecule has 1 aliphatic rings. The van der Waals surface area contributed by atoms with Gasteiger partial charge in [-0.1, -0.05) is 30.3 Å². The van der Waals surface area contributed by atoms with Gasteiger partial charge in [-0.05, 0) is 33.6 Å². The Morgan fingerprint density at radius 2 is 1.92 bits per heavy atom. The first-order chi connectivity index (χ1) is 6.27. The summed E-state index contributed by atoms with van der Waals surface area (Å²) in [6.45, 7) is 2.02. The zero-order valence-corrected chi connectivity index (χ0v) is 9.23. The van der Waals surface area contributed by atoms with E-state index in [2.05, 4.69) is 12.1 Å². The molecule has 0 fully saturated rings. The Kier molecular flexibility index (Phi) is 2.77. The molecule has 1 aliphatic heterocycles. The van der Waals surface area contributed by atoms with Crippen LogP contribution < -0.4 is 5.30 Å². The van der Waals surface area contributed by atoms with Gasteiger partial charge in [0.15, 0.2) is 0 Å². The van der Waals surface area contributed by atoms with Crippen LogP contribution in [0.15, 0.2) is 41.7 Å². The summed E-state index contributed by atoms with van der Waals surface area (Å²) in [5.41, 5.74) is 0.143. The van der Waals surface area contributed by atoms with Gasteiger partial charge in [0, 0.05) is 5.90 Å². The van der Waals surface area contributed by atoms with Gasteiger partial charge in [-0.25, -0.2) is 4.39 Å². The lowest BCUT2D eigenvalue weighted by Crippen LogP contribution is -1.96. The lowest BCUT2D eigenvalue weighted by atomic mass is 10.4. The normalized spacial score (nSPS) is 27.4. The van der Waals surface area contributed by atoms with Gasteiger partial charge in [0.05, 0.1) is 0 Å². The molecule has 1 aromatic carbocycles. The van der Waals surface area contributed by atoms with Gasteiger partial charge in [-0.15, -0.1) is 0 Å². The summed E-state index contributed by atoms with van der Waals surface area (Å²) in [5.74, 6) is 2.89. The van der Waals surface area contributed by atoms with E-state index < -0.39 is 7.92 Å². The van der Waals surface area contributed by atoms with E-state index in [0.29, 0.717) is 0 Å². The molecule has 0 amide bonds. The topological polar surface area (TPSA) is 0 Å². The highest BCUT2D eigenvalue weighted by molar-refractivity contribution is 7.84. The van der Waals surface area contributed by atoms with Crippen molar-refractivity contribution in [1.82, 2.24) is 0 Å². The highest BCUT2D eigenvalue weighted by atomic mass is 31.2. The van der Waals surface area contributed by atoms with Gasteiger partial charge < -0.3 is 0 Å². The monoisotopic (exact) mass is 212 g/mol. The second-order valence-corrected chi connectivity index (χ2v) is 7.77. The Balaban J connectivity index is 2.22. The standard InChI is InChI=1S/C10H11FP2/c1-12-8-13(7-10(12)11)9-5-3-2-4-6-9/h2-7H,8H2,1H3. The van der Waals surface area contributed by atoms with E-state index in [4.69, 9.17) is 0 Å². The maximum absolute atomic E-state index is 13.2. The van der Waals surface area contributed by atoms with Crippen molar-refractivity contribution in [2.45, 2.75) is 0 Å². The van der Waals surface area contributed by atoms with Crippen LogP contribution in [0.5, 0.6) is 0 Å². The molecular weight excluding hydrogens is 201 g/mol. The van der Waals surface area contributed by atoms with E-state index in [1.165, 1.54) is 5.30 Å². The predicted octanol–water partition coefficient (Wildman–Crippen LogP) is 3.65. The summed E-state index contributed by atoms with van der Waals surface area (Å²) in [6, 6.07) is 10.3. The Hall–Kier alpha value is -0.250. The van der Waals surface area contributed by atoms with Crippen molar-refractivity contribution in [3.8, 4) is 0 Å². The predicted molar refractivity (Wildman–Crippen MR) is 59.9 cm³/mol. The minimum Gasteiger partial charge on any atom is -0.207 e. The molecule has 0 saturated carbocycles. The minimum absolute atomic E-state index is 0.143. The second kappa shape index (κ2) is 3.86. The van der Waals surface area contributed by atoms with Crippen molar-refractivity contribution in [2.75, 3.05) is 12.6 Å². The smallest absolute Gasteiger partial charge is 0.123 e. The summed E-state index contributed by atoms with van der Waals surface area (Å²) in [5, 5.41) is 1.31. The number of hydrogen-bond acceptors (Lipinski definition) is 0. The number of rotatable bonds is 1. The van der Waals surface area contributed by atoms with Crippen molar-refractivity contribution in [2.24, 2.45) is 0 Å². The van der Waals surface area contributed by atoms with Gasteiger partial charge in [-0.2, -0.15) is 0 Å². The Bertz CT molecular complexity index is 321. The molecule has 1 heterocycles. The Labute approximate surface area is 80.4 Å². The summed E-state index contributed by atoms with van der Waals surface area (Å²) in [6.07, 6.45) is 0. The molecule has 2 atom stereocenters. The second-order valence-electron chi connectivity index (χ2n) is 3.10. The molecule has 0 aliphatic carbocycles. The summed E-state index contributed by atoms with van der Waals surface area (Å²) in [4.78, 5) is 0. The van der Waals surface area contributed by atoms with E-state index in [1.807, 2.05) is 30.7 Å². The molecule has 0 bridgehead atoms. The van der Waals surface area contributed by atoms with E-state index >= 15 is 0 Å². The van der Waals surface area contributed by atoms with Crippen molar-refractivity contribution >= 4 is 21.1 Å². The molecule has 68 valence electrons. The molecule has 13 heavy (non-hydrogen) atoms. The van der Waals surface area contributed by atoms with Gasteiger partial charge in [-0.3, -0.25) is 0 Å². The zero-order valence-electron chi connectivity index (χ0n) is 7.44. The minimum atomic E-state index is -0.466. The largest absolute Gasteiger partial charge is 0.207 e. The fourth-order valence-corrected chi connectivity index (χ4v) is 6.86. The molecule has 3 heteroatoms. The molecule has 0 N–H and O–H groups in total. The van der Waals surface area contributed by atoms with Crippen LogP contribution in [0.3, 0.4) is 0 Å². The van der Waals surface area contributed by atoms with Crippen LogP contribution in [0.25, 0.3) is 0 Å². The van der Waals surface area contributed by atoms with Crippen LogP contribution in [0.4, 0.5) is 4.39 Å². The molecule has 2 unspecified atom stereocenters. The van der Waals surface area contributed by atoms with Crippen LogP contribution in [0.2, 0.25) is 0 Å². The fraction of sp³-hybridized carbons (Fsp3) is 0.200. The van der Waals surface area contributed by atoms with Gasteiger partial charge in [0.1, 0.15) is 5.57 Å². The van der Waals surface area contributed by atoms with Gasteiger partial charge >= 0.3 is 0 Å². The molecule has 0 spiro atoms. The van der Waals surface area contributed by atoms with Crippen molar-refractivity contribution in [3.05, 3.63) is 41.7 Å². The lowest BCUT2D eigenvalue weighted by molar-refractivity contribution is 0.699. The third kappa shape index (κ3) is 1.98. The highest BCUT2D eigenvalue weighted by Gasteiger charge is 2.23. The molecule has 0 saturated heterocycles. The van der Waals surface area contributed by atoms with E-state index in [-0.39, 0.29) is 13.5 Å². The molecular formula is C10H11FP2. The maximum atomic E-state index is 13.2. The highest BCUT2D eigenvalue weighted by Crippen LogP contribution is 2.62. The summed E-state index contributed by atoms with van der Waals surface area (Å²) in [7, 11) is -0.793. The van der Waals surface area contributed by atoms with Crippen LogP contribution in [-0.4, -0.2) is 12.6 Å². The van der Waals surface area contributed by atoms with Crippen LogP contribution in [-0.2, 0) is 0 Å². The number of hydrogen-bond donors (Lipinski definition) is 0. The Morgan fingerprint density at radius 3 is 2.46 bits per heavy atom. The Morgan fingerprint density at radius 1 is 1.23 bits per heavy atom. The van der Waals surface area contributed by atoms with Gasteiger partial charge in [0.25, 0.3) is 0 Å². The first-order valence-electron chi connectivity index (χ1n) is 4.17. The number of halogens is 1. The zero-order chi connectivity index (χ0) is 9.26. The molecule has 2 rings (SSSR count). The van der Waals surface area contributed by atoms with Crippen molar-refractivity contribution in [1.29, 1.82) is 0 Å². The lowest BCUT2D eigenvalue weighted by Gasteiger charge is -2.08. The van der Waals surface area contributed by atoms with Crippen LogP contribution in [0, 0.1) is 0 Å². The average Bonchev–Trinajstić information content (AvgIpc) is 2.49.